The maximum Gasteiger partial charge on any atom is 0.241 e. The van der Waals surface area contributed by atoms with Crippen molar-refractivity contribution in [1.82, 2.24) is 20.0 Å². The molecule has 0 fully saturated rings. The van der Waals surface area contributed by atoms with Crippen LogP contribution in [-0.2, 0) is 18.4 Å². The number of aromatic nitrogens is 2. The fourth-order valence-corrected chi connectivity index (χ4v) is 1.50. The van der Waals surface area contributed by atoms with Crippen LogP contribution < -0.4 is 5.32 Å². The Labute approximate surface area is 96.4 Å². The van der Waals surface area contributed by atoms with Crippen LogP contribution in [0.1, 0.15) is 19.5 Å². The summed E-state index contributed by atoms with van der Waals surface area (Å²) in [4.78, 5) is 13.4. The average molecular weight is 224 g/mol. The molecule has 0 aliphatic carbocycles. The Hall–Kier alpha value is -1.36. The van der Waals surface area contributed by atoms with E-state index in [4.69, 9.17) is 0 Å². The number of hydrogen-bond donors (Lipinski definition) is 1. The summed E-state index contributed by atoms with van der Waals surface area (Å²) >= 11 is 0. The molecule has 5 heteroatoms. The van der Waals surface area contributed by atoms with E-state index in [0.717, 1.165) is 5.69 Å². The van der Waals surface area contributed by atoms with Crippen molar-refractivity contribution in [2.75, 3.05) is 14.1 Å². The lowest BCUT2D eigenvalue weighted by Gasteiger charge is -2.27. The van der Waals surface area contributed by atoms with Crippen molar-refractivity contribution >= 4 is 5.91 Å². The zero-order chi connectivity index (χ0) is 12.3. The van der Waals surface area contributed by atoms with Gasteiger partial charge in [-0.2, -0.15) is 5.10 Å². The third-order valence-electron chi connectivity index (χ3n) is 2.42. The van der Waals surface area contributed by atoms with Gasteiger partial charge in [0.25, 0.3) is 0 Å². The van der Waals surface area contributed by atoms with Crippen LogP contribution in [-0.4, -0.2) is 40.2 Å². The quantitative estimate of drug-likeness (QED) is 0.804. The highest BCUT2D eigenvalue weighted by atomic mass is 16.2. The largest absolute Gasteiger partial charge is 0.347 e. The first-order valence-corrected chi connectivity index (χ1v) is 5.28. The van der Waals surface area contributed by atoms with E-state index >= 15 is 0 Å². The Kier molecular flexibility index (Phi) is 3.70. The van der Waals surface area contributed by atoms with Crippen molar-refractivity contribution in [2.24, 2.45) is 7.05 Å². The Morgan fingerprint density at radius 2 is 2.19 bits per heavy atom. The van der Waals surface area contributed by atoms with E-state index in [1.807, 2.05) is 33.2 Å². The van der Waals surface area contributed by atoms with E-state index in [9.17, 15) is 4.79 Å². The minimum Gasteiger partial charge on any atom is -0.347 e. The summed E-state index contributed by atoms with van der Waals surface area (Å²) in [6, 6.07) is 1.93. The topological polar surface area (TPSA) is 50.2 Å². The summed E-state index contributed by atoms with van der Waals surface area (Å²) in [5, 5.41) is 7.45. The van der Waals surface area contributed by atoms with Crippen LogP contribution in [0.3, 0.4) is 0 Å². The normalized spacial score (nSPS) is 11.6. The number of likely N-dealkylation sites (N-methyl/N-ethyl adjacent to an activating group) is 1. The Morgan fingerprint density at radius 1 is 1.56 bits per heavy atom. The highest BCUT2D eigenvalue weighted by Crippen LogP contribution is 2.07. The molecule has 0 aliphatic rings. The Bertz CT molecular complexity index is 368. The molecule has 1 aromatic heterocycles. The number of hydrogen-bond acceptors (Lipinski definition) is 3. The molecule has 0 aromatic carbocycles. The highest BCUT2D eigenvalue weighted by Gasteiger charge is 2.28. The minimum absolute atomic E-state index is 0.0587. The van der Waals surface area contributed by atoms with Gasteiger partial charge < -0.3 is 4.90 Å². The molecule has 5 nitrogen and oxygen atoms in total. The molecule has 1 N–H and O–H groups in total. The molecule has 1 amide bonds. The first-order valence-electron chi connectivity index (χ1n) is 5.28. The summed E-state index contributed by atoms with van der Waals surface area (Å²) in [6.07, 6.45) is 1.89. The minimum atomic E-state index is -0.568. The number of amides is 1. The average Bonchev–Trinajstić information content (AvgIpc) is 2.60. The molecule has 0 saturated heterocycles. The summed E-state index contributed by atoms with van der Waals surface area (Å²) in [5.41, 5.74) is 0.364. The monoisotopic (exact) mass is 224 g/mol. The summed E-state index contributed by atoms with van der Waals surface area (Å²) in [7, 11) is 5.39. The van der Waals surface area contributed by atoms with Crippen molar-refractivity contribution in [3.05, 3.63) is 18.0 Å². The number of nitrogens with one attached hydrogen (secondary N) is 1. The number of carbonyl (C=O) groups is 1. The fourth-order valence-electron chi connectivity index (χ4n) is 1.50. The van der Waals surface area contributed by atoms with Crippen LogP contribution in [0.25, 0.3) is 0 Å². The predicted molar refractivity (Wildman–Crippen MR) is 62.8 cm³/mol. The van der Waals surface area contributed by atoms with Crippen molar-refractivity contribution in [2.45, 2.75) is 25.9 Å². The van der Waals surface area contributed by atoms with Crippen LogP contribution in [0.2, 0.25) is 0 Å². The molecule has 16 heavy (non-hydrogen) atoms. The molecule has 0 aliphatic heterocycles. The zero-order valence-electron chi connectivity index (χ0n) is 10.6. The maximum atomic E-state index is 11.8. The van der Waals surface area contributed by atoms with Gasteiger partial charge in [0, 0.05) is 33.9 Å². The predicted octanol–water partition coefficient (Wildman–Crippen LogP) is 0.376. The molecule has 1 heterocycles. The molecule has 0 radical (unpaired) electrons. The van der Waals surface area contributed by atoms with Gasteiger partial charge >= 0.3 is 0 Å². The van der Waals surface area contributed by atoms with Gasteiger partial charge in [-0.15, -0.1) is 0 Å². The van der Waals surface area contributed by atoms with Crippen LogP contribution in [0.5, 0.6) is 0 Å². The molecular weight excluding hydrogens is 204 g/mol. The molecule has 0 unspecified atom stereocenters. The zero-order valence-corrected chi connectivity index (χ0v) is 10.6. The van der Waals surface area contributed by atoms with Gasteiger partial charge in [-0.05, 0) is 19.9 Å². The lowest BCUT2D eigenvalue weighted by molar-refractivity contribution is -0.134. The maximum absolute atomic E-state index is 11.8. The van der Waals surface area contributed by atoms with Gasteiger partial charge in [-0.25, -0.2) is 0 Å². The molecule has 1 aromatic rings. The summed E-state index contributed by atoms with van der Waals surface area (Å²) in [6.45, 7) is 4.34. The van der Waals surface area contributed by atoms with Gasteiger partial charge in [-0.3, -0.25) is 14.8 Å². The van der Waals surface area contributed by atoms with Gasteiger partial charge in [0.05, 0.1) is 11.2 Å². The first-order chi connectivity index (χ1) is 7.33. The molecular formula is C11H20N4O. The highest BCUT2D eigenvalue weighted by molar-refractivity contribution is 5.84. The molecule has 1 rings (SSSR count). The van der Waals surface area contributed by atoms with Gasteiger partial charge in [-0.1, -0.05) is 0 Å². The molecule has 90 valence electrons. The van der Waals surface area contributed by atoms with E-state index in [-0.39, 0.29) is 5.91 Å². The second-order valence-electron chi connectivity index (χ2n) is 4.66. The smallest absolute Gasteiger partial charge is 0.241 e. The van der Waals surface area contributed by atoms with Crippen molar-refractivity contribution in [3.63, 3.8) is 0 Å². The number of rotatable bonds is 4. The molecule has 0 atom stereocenters. The number of aryl methyl sites for hydroxylation is 1. The Balaban J connectivity index is 2.57. The van der Waals surface area contributed by atoms with E-state index in [2.05, 4.69) is 10.4 Å². The third kappa shape index (κ3) is 3.06. The van der Waals surface area contributed by atoms with Gasteiger partial charge in [0.15, 0.2) is 0 Å². The third-order valence-corrected chi connectivity index (χ3v) is 2.42. The molecule has 0 spiro atoms. The lowest BCUT2D eigenvalue weighted by atomic mass is 10.0. The first kappa shape index (κ1) is 12.7. The van der Waals surface area contributed by atoms with Gasteiger partial charge in [0.1, 0.15) is 0 Å². The van der Waals surface area contributed by atoms with E-state index in [0.29, 0.717) is 6.54 Å². The standard InChI is InChI=1S/C11H20N4O/c1-11(2,10(16)14(3)4)12-8-9-6-7-15(5)13-9/h6-7,12H,8H2,1-5H3. The fraction of sp³-hybridized carbons (Fsp3) is 0.636. The number of nitrogens with zero attached hydrogens (tertiary/aromatic N) is 3. The Morgan fingerprint density at radius 3 is 2.62 bits per heavy atom. The van der Waals surface area contributed by atoms with Crippen LogP contribution >= 0.6 is 0 Å². The lowest BCUT2D eigenvalue weighted by Crippen LogP contribution is -2.51. The van der Waals surface area contributed by atoms with E-state index < -0.39 is 5.54 Å². The summed E-state index contributed by atoms with van der Waals surface area (Å²) < 4.78 is 1.75. The van der Waals surface area contributed by atoms with Crippen LogP contribution in [0.15, 0.2) is 12.3 Å². The van der Waals surface area contributed by atoms with E-state index in [1.54, 1.807) is 23.7 Å². The van der Waals surface area contributed by atoms with Crippen molar-refractivity contribution in [1.29, 1.82) is 0 Å². The molecule has 0 saturated carbocycles. The van der Waals surface area contributed by atoms with Crippen LogP contribution in [0, 0.1) is 0 Å². The second kappa shape index (κ2) is 4.65. The van der Waals surface area contributed by atoms with Crippen molar-refractivity contribution in [3.8, 4) is 0 Å². The summed E-state index contributed by atoms with van der Waals surface area (Å²) in [5.74, 6) is 0.0587. The van der Waals surface area contributed by atoms with Crippen LogP contribution in [0.4, 0.5) is 0 Å². The van der Waals surface area contributed by atoms with Crippen molar-refractivity contribution < 1.29 is 4.79 Å². The molecule has 0 bridgehead atoms. The van der Waals surface area contributed by atoms with Gasteiger partial charge in [0.2, 0.25) is 5.91 Å². The van der Waals surface area contributed by atoms with E-state index in [1.165, 1.54) is 0 Å². The second-order valence-corrected chi connectivity index (χ2v) is 4.66. The SMILES string of the molecule is CN(C)C(=O)C(C)(C)NCc1ccn(C)n1. The number of carbonyl (C=O) groups excluding carboxylic acids is 1.